The van der Waals surface area contributed by atoms with Gasteiger partial charge in [-0.25, -0.2) is 0 Å². The van der Waals surface area contributed by atoms with Gasteiger partial charge in [0.25, 0.3) is 0 Å². The molecule has 0 fully saturated rings. The van der Waals surface area contributed by atoms with Gasteiger partial charge in [-0.05, 0) is 24.3 Å². The Morgan fingerprint density at radius 1 is 1.11 bits per heavy atom. The van der Waals surface area contributed by atoms with E-state index in [1.807, 2.05) is 12.1 Å². The first kappa shape index (κ1) is 11.9. The summed E-state index contributed by atoms with van der Waals surface area (Å²) in [5.41, 5.74) is 7.07. The van der Waals surface area contributed by atoms with E-state index in [0.717, 1.165) is 34.3 Å². The van der Waals surface area contributed by atoms with Gasteiger partial charge in [-0.1, -0.05) is 43.3 Å². The zero-order valence-electron chi connectivity index (χ0n) is 11.2. The molecule has 0 aliphatic rings. The number of hydrazine groups is 1. The van der Waals surface area contributed by atoms with Crippen molar-refractivity contribution in [3.8, 4) is 0 Å². The summed E-state index contributed by atoms with van der Waals surface area (Å²) in [4.78, 5) is 4.83. The molecule has 0 bridgehead atoms. The second kappa shape index (κ2) is 4.52. The molecule has 0 aliphatic carbocycles. The molecule has 0 amide bonds. The van der Waals surface area contributed by atoms with E-state index in [1.165, 1.54) is 10.8 Å². The Hall–Kier alpha value is -2.13. The lowest BCUT2D eigenvalue weighted by Crippen LogP contribution is -2.11. The number of rotatable bonds is 2. The molecule has 19 heavy (non-hydrogen) atoms. The van der Waals surface area contributed by atoms with Crippen molar-refractivity contribution < 1.29 is 0 Å². The van der Waals surface area contributed by atoms with Gasteiger partial charge in [0, 0.05) is 16.5 Å². The molecule has 0 unspecified atom stereocenters. The van der Waals surface area contributed by atoms with Crippen LogP contribution in [0.1, 0.15) is 18.2 Å². The zero-order chi connectivity index (χ0) is 13.4. The minimum Gasteiger partial charge on any atom is -0.323 e. The first-order valence-corrected chi connectivity index (χ1v) is 6.53. The van der Waals surface area contributed by atoms with E-state index in [-0.39, 0.29) is 0 Å². The van der Waals surface area contributed by atoms with Gasteiger partial charge in [0.1, 0.15) is 0 Å². The lowest BCUT2D eigenvalue weighted by molar-refractivity contribution is 1.03. The van der Waals surface area contributed by atoms with Gasteiger partial charge in [0.05, 0.1) is 11.2 Å². The Bertz CT molecular complexity index is 763. The van der Waals surface area contributed by atoms with Gasteiger partial charge < -0.3 is 5.43 Å². The molecule has 3 rings (SSSR count). The quantitative estimate of drug-likeness (QED) is 0.416. The van der Waals surface area contributed by atoms with E-state index in [1.54, 1.807) is 0 Å². The fourth-order valence-corrected chi connectivity index (χ4v) is 2.67. The largest absolute Gasteiger partial charge is 0.323 e. The number of benzene rings is 2. The number of nitrogens with zero attached hydrogens (tertiary/aromatic N) is 1. The Labute approximate surface area is 112 Å². The predicted molar refractivity (Wildman–Crippen MR) is 81.2 cm³/mol. The molecule has 0 aliphatic heterocycles. The fraction of sp³-hybridized carbons (Fsp3) is 0.188. The molecule has 0 saturated heterocycles. The fourth-order valence-electron chi connectivity index (χ4n) is 2.67. The van der Waals surface area contributed by atoms with Gasteiger partial charge in [-0.2, -0.15) is 0 Å². The number of pyridine rings is 1. The number of nitrogen functional groups attached to an aromatic ring is 1. The van der Waals surface area contributed by atoms with Gasteiger partial charge in [-0.3, -0.25) is 10.8 Å². The van der Waals surface area contributed by atoms with Gasteiger partial charge in [-0.15, -0.1) is 0 Å². The standard InChI is InChI=1S/C16H17N3/c1-3-14-10(2)15(19-17)13-9-8-11-6-4-5-7-12(11)16(13)18-14/h4-9H,3,17H2,1-2H3,(H,18,19). The lowest BCUT2D eigenvalue weighted by Gasteiger charge is -2.14. The number of anilines is 1. The van der Waals surface area contributed by atoms with Crippen molar-refractivity contribution in [1.29, 1.82) is 0 Å². The van der Waals surface area contributed by atoms with E-state index in [4.69, 9.17) is 10.8 Å². The summed E-state index contributed by atoms with van der Waals surface area (Å²) in [6.45, 7) is 4.18. The third-order valence-corrected chi connectivity index (χ3v) is 3.70. The lowest BCUT2D eigenvalue weighted by atomic mass is 10.0. The number of hydrogen-bond acceptors (Lipinski definition) is 3. The van der Waals surface area contributed by atoms with E-state index < -0.39 is 0 Å². The van der Waals surface area contributed by atoms with Crippen molar-refractivity contribution in [2.45, 2.75) is 20.3 Å². The maximum atomic E-state index is 5.71. The highest BCUT2D eigenvalue weighted by Gasteiger charge is 2.11. The molecule has 0 radical (unpaired) electrons. The number of nitrogens with two attached hydrogens (primary N) is 1. The minimum absolute atomic E-state index is 0.902. The normalized spacial score (nSPS) is 11.1. The molecule has 0 atom stereocenters. The maximum absolute atomic E-state index is 5.71. The van der Waals surface area contributed by atoms with Crippen LogP contribution in [0.2, 0.25) is 0 Å². The van der Waals surface area contributed by atoms with Crippen molar-refractivity contribution in [3.05, 3.63) is 47.7 Å². The highest BCUT2D eigenvalue weighted by Crippen LogP contribution is 2.32. The monoisotopic (exact) mass is 251 g/mol. The van der Waals surface area contributed by atoms with E-state index in [2.05, 4.69) is 43.5 Å². The Morgan fingerprint density at radius 2 is 1.89 bits per heavy atom. The van der Waals surface area contributed by atoms with E-state index in [0.29, 0.717) is 0 Å². The van der Waals surface area contributed by atoms with Crippen molar-refractivity contribution in [3.63, 3.8) is 0 Å². The van der Waals surface area contributed by atoms with Crippen molar-refractivity contribution in [1.82, 2.24) is 4.98 Å². The Balaban J connectivity index is 2.52. The smallest absolute Gasteiger partial charge is 0.0805 e. The summed E-state index contributed by atoms with van der Waals surface area (Å²) in [7, 11) is 0. The van der Waals surface area contributed by atoms with Crippen LogP contribution >= 0.6 is 0 Å². The average molecular weight is 251 g/mol. The van der Waals surface area contributed by atoms with Gasteiger partial charge >= 0.3 is 0 Å². The summed E-state index contributed by atoms with van der Waals surface area (Å²) >= 11 is 0. The Kier molecular flexibility index (Phi) is 2.84. The summed E-state index contributed by atoms with van der Waals surface area (Å²) in [5, 5.41) is 3.46. The highest BCUT2D eigenvalue weighted by molar-refractivity contribution is 6.09. The SMILES string of the molecule is CCc1nc2c(ccc3ccccc32)c(NN)c1C. The molecule has 2 aromatic carbocycles. The molecule has 0 spiro atoms. The molecular formula is C16H17N3. The van der Waals surface area contributed by atoms with Crippen LogP contribution in [-0.4, -0.2) is 4.98 Å². The third kappa shape index (κ3) is 1.74. The van der Waals surface area contributed by atoms with Crippen LogP contribution in [0.4, 0.5) is 5.69 Å². The second-order valence-electron chi connectivity index (χ2n) is 4.74. The molecule has 1 heterocycles. The number of fused-ring (bicyclic) bond motifs is 3. The molecular weight excluding hydrogens is 234 g/mol. The first-order valence-electron chi connectivity index (χ1n) is 6.53. The zero-order valence-corrected chi connectivity index (χ0v) is 11.2. The van der Waals surface area contributed by atoms with Crippen LogP contribution in [0.15, 0.2) is 36.4 Å². The molecule has 3 aromatic rings. The number of hydrogen-bond donors (Lipinski definition) is 2. The Morgan fingerprint density at radius 3 is 2.63 bits per heavy atom. The van der Waals surface area contributed by atoms with E-state index in [9.17, 15) is 0 Å². The summed E-state index contributed by atoms with van der Waals surface area (Å²) < 4.78 is 0. The average Bonchev–Trinajstić information content (AvgIpc) is 2.46. The molecule has 0 saturated carbocycles. The predicted octanol–water partition coefficient (Wildman–Crippen LogP) is 3.54. The van der Waals surface area contributed by atoms with Crippen LogP contribution < -0.4 is 11.3 Å². The minimum atomic E-state index is 0.902. The molecule has 96 valence electrons. The van der Waals surface area contributed by atoms with Crippen LogP contribution in [0.25, 0.3) is 21.7 Å². The third-order valence-electron chi connectivity index (χ3n) is 3.70. The molecule has 1 aromatic heterocycles. The summed E-state index contributed by atoms with van der Waals surface area (Å²) in [6, 6.07) is 12.5. The van der Waals surface area contributed by atoms with Crippen LogP contribution in [0, 0.1) is 6.92 Å². The summed E-state index contributed by atoms with van der Waals surface area (Å²) in [5.74, 6) is 5.71. The summed E-state index contributed by atoms with van der Waals surface area (Å²) in [6.07, 6.45) is 0.902. The number of aromatic nitrogens is 1. The van der Waals surface area contributed by atoms with Crippen molar-refractivity contribution in [2.24, 2.45) is 5.84 Å². The van der Waals surface area contributed by atoms with Crippen molar-refractivity contribution >= 4 is 27.4 Å². The molecule has 3 N–H and O–H groups in total. The second-order valence-corrected chi connectivity index (χ2v) is 4.74. The van der Waals surface area contributed by atoms with Crippen LogP contribution in [-0.2, 0) is 6.42 Å². The van der Waals surface area contributed by atoms with Crippen molar-refractivity contribution in [2.75, 3.05) is 5.43 Å². The maximum Gasteiger partial charge on any atom is 0.0805 e. The van der Waals surface area contributed by atoms with Crippen LogP contribution in [0.3, 0.4) is 0 Å². The van der Waals surface area contributed by atoms with Gasteiger partial charge in [0.2, 0.25) is 0 Å². The van der Waals surface area contributed by atoms with E-state index >= 15 is 0 Å². The highest BCUT2D eigenvalue weighted by atomic mass is 15.2. The molecule has 3 nitrogen and oxygen atoms in total. The number of aryl methyl sites for hydroxylation is 1. The van der Waals surface area contributed by atoms with Crippen LogP contribution in [0.5, 0.6) is 0 Å². The van der Waals surface area contributed by atoms with Gasteiger partial charge in [0.15, 0.2) is 0 Å². The first-order chi connectivity index (χ1) is 9.26. The number of nitrogens with one attached hydrogen (secondary N) is 1. The topological polar surface area (TPSA) is 50.9 Å². The molecule has 3 heteroatoms.